The number of ether oxygens (including phenoxy) is 1. The van der Waals surface area contributed by atoms with E-state index in [4.69, 9.17) is 4.74 Å². The van der Waals surface area contributed by atoms with E-state index in [1.165, 1.54) is 0 Å². The topological polar surface area (TPSA) is 65.1 Å². The first-order valence-corrected chi connectivity index (χ1v) is 9.72. The molecule has 0 saturated carbocycles. The molecule has 0 aromatic heterocycles. The molecule has 0 bridgehead atoms. The minimum absolute atomic E-state index is 0.0166. The summed E-state index contributed by atoms with van der Waals surface area (Å²) < 4.78 is 5.38. The third-order valence-electron chi connectivity index (χ3n) is 5.24. The number of hydrogen-bond donors (Lipinski definition) is 1. The molecule has 1 aromatic carbocycles. The fourth-order valence-corrected chi connectivity index (χ4v) is 3.72. The van der Waals surface area contributed by atoms with Gasteiger partial charge in [0.25, 0.3) is 0 Å². The number of nitrogens with zero attached hydrogens (tertiary/aromatic N) is 3. The van der Waals surface area contributed by atoms with Crippen molar-refractivity contribution in [3.8, 4) is 0 Å². The molecule has 7 nitrogen and oxygen atoms in total. The molecule has 7 heteroatoms. The number of carbonyl (C=O) groups is 2. The van der Waals surface area contributed by atoms with E-state index in [0.717, 1.165) is 57.1 Å². The minimum Gasteiger partial charge on any atom is -0.378 e. The standard InChI is InChI=1S/C20H30N4O3/c1-22(2)20(26)18-4-3-10-24(18)11-9-19(25)21-16-5-7-17(8-6-16)23-12-14-27-15-13-23/h5-8,18H,3-4,9-15H2,1-2H3,(H,21,25). The molecule has 27 heavy (non-hydrogen) atoms. The average molecular weight is 374 g/mol. The number of hydrogen-bond acceptors (Lipinski definition) is 5. The molecule has 1 N–H and O–H groups in total. The van der Waals surface area contributed by atoms with Crippen LogP contribution in [0.2, 0.25) is 0 Å². The number of morpholine rings is 1. The van der Waals surface area contributed by atoms with Crippen LogP contribution in [0.3, 0.4) is 0 Å². The Bertz CT molecular complexity index is 641. The first kappa shape index (κ1) is 19.6. The monoisotopic (exact) mass is 374 g/mol. The number of likely N-dealkylation sites (N-methyl/N-ethyl adjacent to an activating group) is 1. The first-order valence-electron chi connectivity index (χ1n) is 9.72. The van der Waals surface area contributed by atoms with Crippen LogP contribution in [-0.4, -0.2) is 81.1 Å². The molecule has 2 fully saturated rings. The van der Waals surface area contributed by atoms with E-state index in [0.29, 0.717) is 13.0 Å². The van der Waals surface area contributed by atoms with Crippen LogP contribution in [0.25, 0.3) is 0 Å². The number of carbonyl (C=O) groups excluding carboxylic acids is 2. The molecule has 0 spiro atoms. The van der Waals surface area contributed by atoms with Crippen LogP contribution in [0.15, 0.2) is 24.3 Å². The van der Waals surface area contributed by atoms with Crippen LogP contribution in [0.4, 0.5) is 11.4 Å². The van der Waals surface area contributed by atoms with Gasteiger partial charge in [-0.05, 0) is 43.7 Å². The molecule has 2 heterocycles. The van der Waals surface area contributed by atoms with Crippen LogP contribution < -0.4 is 10.2 Å². The Labute approximate surface area is 161 Å². The molecule has 2 aliphatic heterocycles. The number of anilines is 2. The molecule has 2 saturated heterocycles. The average Bonchev–Trinajstić information content (AvgIpc) is 3.15. The molecule has 1 aromatic rings. The highest BCUT2D eigenvalue weighted by atomic mass is 16.5. The summed E-state index contributed by atoms with van der Waals surface area (Å²) in [6.45, 7) is 4.80. The van der Waals surface area contributed by atoms with E-state index in [2.05, 4.69) is 15.1 Å². The van der Waals surface area contributed by atoms with Crippen LogP contribution in [0, 0.1) is 0 Å². The number of benzene rings is 1. The highest BCUT2D eigenvalue weighted by molar-refractivity contribution is 5.91. The first-order chi connectivity index (χ1) is 13.0. The number of nitrogens with one attached hydrogen (secondary N) is 1. The molecular weight excluding hydrogens is 344 g/mol. The van der Waals surface area contributed by atoms with Crippen molar-refractivity contribution < 1.29 is 14.3 Å². The summed E-state index contributed by atoms with van der Waals surface area (Å²) in [5.41, 5.74) is 1.96. The molecule has 2 amide bonds. The van der Waals surface area contributed by atoms with Crippen molar-refractivity contribution in [2.75, 3.05) is 63.7 Å². The van der Waals surface area contributed by atoms with E-state index in [1.807, 2.05) is 24.3 Å². The van der Waals surface area contributed by atoms with Gasteiger partial charge in [0.15, 0.2) is 0 Å². The predicted octanol–water partition coefficient (Wildman–Crippen LogP) is 1.40. The maximum atomic E-state index is 12.3. The molecule has 1 unspecified atom stereocenters. The Morgan fingerprint density at radius 1 is 1.15 bits per heavy atom. The number of likely N-dealkylation sites (tertiary alicyclic amines) is 1. The SMILES string of the molecule is CN(C)C(=O)C1CCCN1CCC(=O)Nc1ccc(N2CCOCC2)cc1. The maximum Gasteiger partial charge on any atom is 0.239 e. The lowest BCUT2D eigenvalue weighted by Gasteiger charge is -2.29. The maximum absolute atomic E-state index is 12.3. The third-order valence-corrected chi connectivity index (χ3v) is 5.24. The zero-order valence-corrected chi connectivity index (χ0v) is 16.3. The van der Waals surface area contributed by atoms with Gasteiger partial charge in [0, 0.05) is 51.5 Å². The van der Waals surface area contributed by atoms with Crippen molar-refractivity contribution >= 4 is 23.2 Å². The Morgan fingerprint density at radius 3 is 2.52 bits per heavy atom. The van der Waals surface area contributed by atoms with E-state index in [1.54, 1.807) is 19.0 Å². The van der Waals surface area contributed by atoms with Gasteiger partial charge in [-0.1, -0.05) is 0 Å². The van der Waals surface area contributed by atoms with E-state index in [-0.39, 0.29) is 17.9 Å². The van der Waals surface area contributed by atoms with Crippen LogP contribution >= 0.6 is 0 Å². The summed E-state index contributed by atoms with van der Waals surface area (Å²) in [4.78, 5) is 30.6. The van der Waals surface area contributed by atoms with Crippen LogP contribution in [0.1, 0.15) is 19.3 Å². The number of rotatable bonds is 6. The summed E-state index contributed by atoms with van der Waals surface area (Å²) in [7, 11) is 3.57. The van der Waals surface area contributed by atoms with Crippen molar-refractivity contribution in [3.05, 3.63) is 24.3 Å². The summed E-state index contributed by atoms with van der Waals surface area (Å²) in [6.07, 6.45) is 2.28. The normalized spacial score (nSPS) is 20.5. The summed E-state index contributed by atoms with van der Waals surface area (Å²) >= 11 is 0. The molecular formula is C20H30N4O3. The Morgan fingerprint density at radius 2 is 1.85 bits per heavy atom. The lowest BCUT2D eigenvalue weighted by atomic mass is 10.2. The smallest absolute Gasteiger partial charge is 0.239 e. The second kappa shape index (κ2) is 9.19. The molecule has 148 valence electrons. The molecule has 3 rings (SSSR count). The van der Waals surface area contributed by atoms with Gasteiger partial charge in [-0.2, -0.15) is 0 Å². The van der Waals surface area contributed by atoms with Crippen molar-refractivity contribution in [1.82, 2.24) is 9.80 Å². The van der Waals surface area contributed by atoms with Gasteiger partial charge in [-0.25, -0.2) is 0 Å². The Hall–Kier alpha value is -2.12. The quantitative estimate of drug-likeness (QED) is 0.816. The van der Waals surface area contributed by atoms with Crippen molar-refractivity contribution in [3.63, 3.8) is 0 Å². The van der Waals surface area contributed by atoms with Gasteiger partial charge in [0.05, 0.1) is 19.3 Å². The second-order valence-corrected chi connectivity index (χ2v) is 7.37. The van der Waals surface area contributed by atoms with Crippen LogP contribution in [0.5, 0.6) is 0 Å². The molecule has 0 radical (unpaired) electrons. The summed E-state index contributed by atoms with van der Waals surface area (Å²) in [6, 6.07) is 7.87. The lowest BCUT2D eigenvalue weighted by molar-refractivity contribution is -0.133. The Kier molecular flexibility index (Phi) is 6.68. The van der Waals surface area contributed by atoms with Gasteiger partial charge in [-0.3, -0.25) is 14.5 Å². The Balaban J connectivity index is 1.47. The van der Waals surface area contributed by atoms with Gasteiger partial charge in [0.1, 0.15) is 0 Å². The van der Waals surface area contributed by atoms with E-state index >= 15 is 0 Å². The second-order valence-electron chi connectivity index (χ2n) is 7.37. The molecule has 1 atom stereocenters. The fraction of sp³-hybridized carbons (Fsp3) is 0.600. The highest BCUT2D eigenvalue weighted by Crippen LogP contribution is 2.21. The van der Waals surface area contributed by atoms with Gasteiger partial charge < -0.3 is 19.9 Å². The summed E-state index contributed by atoms with van der Waals surface area (Å²) in [5, 5.41) is 2.96. The van der Waals surface area contributed by atoms with E-state index in [9.17, 15) is 9.59 Å². The molecule has 2 aliphatic rings. The largest absolute Gasteiger partial charge is 0.378 e. The summed E-state index contributed by atoms with van der Waals surface area (Å²) in [5.74, 6) is 0.115. The van der Waals surface area contributed by atoms with Gasteiger partial charge >= 0.3 is 0 Å². The highest BCUT2D eigenvalue weighted by Gasteiger charge is 2.31. The van der Waals surface area contributed by atoms with Crippen molar-refractivity contribution in [2.45, 2.75) is 25.3 Å². The van der Waals surface area contributed by atoms with E-state index < -0.39 is 0 Å². The number of amides is 2. The zero-order valence-electron chi connectivity index (χ0n) is 16.3. The molecule has 0 aliphatic carbocycles. The van der Waals surface area contributed by atoms with Crippen molar-refractivity contribution in [2.24, 2.45) is 0 Å². The predicted molar refractivity (Wildman–Crippen MR) is 106 cm³/mol. The third kappa shape index (κ3) is 5.20. The van der Waals surface area contributed by atoms with Gasteiger partial charge in [-0.15, -0.1) is 0 Å². The lowest BCUT2D eigenvalue weighted by Crippen LogP contribution is -2.43. The van der Waals surface area contributed by atoms with Crippen molar-refractivity contribution in [1.29, 1.82) is 0 Å². The van der Waals surface area contributed by atoms with Gasteiger partial charge in [0.2, 0.25) is 11.8 Å². The van der Waals surface area contributed by atoms with Crippen LogP contribution in [-0.2, 0) is 14.3 Å². The zero-order chi connectivity index (χ0) is 19.2. The minimum atomic E-state index is -0.0828. The fourth-order valence-electron chi connectivity index (χ4n) is 3.72.